The van der Waals surface area contributed by atoms with E-state index >= 15 is 4.79 Å². The Kier molecular flexibility index (Phi) is 9.85. The Morgan fingerprint density at radius 1 is 1.11 bits per heavy atom. The SMILES string of the molecule is CC1=C[C@@H]2C(=O)c3cccc4c3C(=O)[C@@]2(C(O)=C1)[C@H](CCCO)SSCNC1=CC(=CCN1)CC[C@]1(O)[C@H](O)[C@@H](CO)O[C@@H](O4)[C@@H]1O. The fourth-order valence-corrected chi connectivity index (χ4v) is 10.1. The minimum absolute atomic E-state index is 0.0681. The summed E-state index contributed by atoms with van der Waals surface area (Å²) in [4.78, 5) is 29.3. The van der Waals surface area contributed by atoms with E-state index in [9.17, 15) is 35.4 Å². The largest absolute Gasteiger partial charge is 0.511 e. The van der Waals surface area contributed by atoms with Crippen molar-refractivity contribution in [3.05, 3.63) is 76.4 Å². The molecule has 5 aliphatic rings. The van der Waals surface area contributed by atoms with Crippen LogP contribution in [0.3, 0.4) is 0 Å². The molecule has 0 aromatic heterocycles. The summed E-state index contributed by atoms with van der Waals surface area (Å²) < 4.78 is 11.9. The molecule has 8 atom stereocenters. The number of hydrogen-bond acceptors (Lipinski definition) is 14. The molecule has 1 spiro atoms. The first-order valence-corrected chi connectivity index (χ1v) is 18.0. The van der Waals surface area contributed by atoms with Crippen molar-refractivity contribution in [2.24, 2.45) is 11.3 Å². The third kappa shape index (κ3) is 5.82. The number of hydrogen-bond donors (Lipinski definition) is 8. The lowest BCUT2D eigenvalue weighted by atomic mass is 9.57. The van der Waals surface area contributed by atoms with Gasteiger partial charge in [-0.15, -0.1) is 0 Å². The van der Waals surface area contributed by atoms with Crippen LogP contribution in [0.4, 0.5) is 0 Å². The van der Waals surface area contributed by atoms with E-state index < -0.39 is 65.0 Å². The van der Waals surface area contributed by atoms with E-state index in [4.69, 9.17) is 9.47 Å². The van der Waals surface area contributed by atoms with Crippen molar-refractivity contribution in [2.45, 2.75) is 68.1 Å². The molecule has 2 aliphatic carbocycles. The second kappa shape index (κ2) is 13.6. The number of rotatable bonds is 4. The van der Waals surface area contributed by atoms with Crippen LogP contribution in [-0.2, 0) is 4.74 Å². The molecule has 8 N–H and O–H groups in total. The quantitative estimate of drug-likeness (QED) is 0.213. The highest BCUT2D eigenvalue weighted by Crippen LogP contribution is 2.57. The molecule has 1 fully saturated rings. The van der Waals surface area contributed by atoms with Crippen molar-refractivity contribution in [1.82, 2.24) is 10.6 Å². The van der Waals surface area contributed by atoms with Crippen molar-refractivity contribution in [3.63, 3.8) is 0 Å². The van der Waals surface area contributed by atoms with E-state index in [1.807, 2.05) is 12.2 Å². The number of aliphatic hydroxyl groups excluding tert-OH is 5. The zero-order valence-corrected chi connectivity index (χ0v) is 27.4. The molecule has 12 nitrogen and oxygen atoms in total. The Bertz CT molecular complexity index is 1540. The van der Waals surface area contributed by atoms with Crippen LogP contribution < -0.4 is 15.4 Å². The topological polar surface area (TPSA) is 198 Å². The summed E-state index contributed by atoms with van der Waals surface area (Å²) in [5.41, 5.74) is -2.49. The summed E-state index contributed by atoms with van der Waals surface area (Å²) in [6.07, 6.45) is 1.27. The Morgan fingerprint density at radius 3 is 2.68 bits per heavy atom. The van der Waals surface area contributed by atoms with Gasteiger partial charge in [0.15, 0.2) is 11.6 Å². The molecule has 47 heavy (non-hydrogen) atoms. The van der Waals surface area contributed by atoms with E-state index in [0.29, 0.717) is 36.7 Å². The van der Waals surface area contributed by atoms with Gasteiger partial charge in [0.05, 0.1) is 29.8 Å². The van der Waals surface area contributed by atoms with E-state index in [0.717, 1.165) is 5.57 Å². The monoisotopic (exact) mass is 688 g/mol. The van der Waals surface area contributed by atoms with E-state index in [1.165, 1.54) is 45.9 Å². The standard InChI is InChI=1S/C33H40N2O10S2/c1-17-12-20-27(39)19-4-2-5-21-26(19)29(41)33(20,23(38)13-17)24(6-3-11-36)47-46-16-35-25-14-18(8-10-34-25)7-9-32(43)28(40)22(15-37)45-31(44-21)30(32)42/h2,4-5,8,12-14,20,22,24,28,30-31,34-38,40,42-43H,3,6-7,9-11,15-16H2,1H3/t20-,22-,24+,28-,30+,31-,32+,33+/m1/s1. The molecule has 1 aromatic rings. The smallest absolute Gasteiger partial charge is 0.229 e. The van der Waals surface area contributed by atoms with Gasteiger partial charge in [0.1, 0.15) is 40.8 Å². The Balaban J connectivity index is 1.51. The summed E-state index contributed by atoms with van der Waals surface area (Å²) in [6.45, 7) is 1.38. The van der Waals surface area contributed by atoms with Gasteiger partial charge in [-0.3, -0.25) is 9.59 Å². The van der Waals surface area contributed by atoms with Crippen molar-refractivity contribution in [2.75, 3.05) is 25.6 Å². The maximum Gasteiger partial charge on any atom is 0.229 e. The van der Waals surface area contributed by atoms with Gasteiger partial charge < -0.3 is 50.7 Å². The first-order chi connectivity index (χ1) is 22.6. The van der Waals surface area contributed by atoms with E-state index in [1.54, 1.807) is 13.0 Å². The number of nitrogens with one attached hydrogen (secondary N) is 2. The number of dihydropyridines is 1. The highest BCUT2D eigenvalue weighted by atomic mass is 33.1. The zero-order chi connectivity index (χ0) is 33.5. The molecule has 1 saturated heterocycles. The second-order valence-corrected chi connectivity index (χ2v) is 15.1. The van der Waals surface area contributed by atoms with Gasteiger partial charge >= 0.3 is 0 Å². The Labute approximate surface area is 280 Å². The minimum Gasteiger partial charge on any atom is -0.511 e. The molecule has 1 aromatic carbocycles. The molecule has 0 amide bonds. The van der Waals surface area contributed by atoms with Crippen LogP contribution in [-0.4, -0.2) is 103 Å². The number of allylic oxidation sites excluding steroid dienone is 6. The zero-order valence-electron chi connectivity index (χ0n) is 25.8. The summed E-state index contributed by atoms with van der Waals surface area (Å²) in [6, 6.07) is 4.48. The average molecular weight is 689 g/mol. The van der Waals surface area contributed by atoms with Crippen LogP contribution in [0.25, 0.3) is 0 Å². The maximum absolute atomic E-state index is 15.0. The third-order valence-electron chi connectivity index (χ3n) is 9.69. The lowest BCUT2D eigenvalue weighted by Gasteiger charge is -2.49. The van der Waals surface area contributed by atoms with Gasteiger partial charge in [0.2, 0.25) is 6.29 Å². The molecule has 254 valence electrons. The van der Waals surface area contributed by atoms with Gasteiger partial charge in [0, 0.05) is 24.0 Å². The predicted molar refractivity (Wildman–Crippen MR) is 176 cm³/mol. The van der Waals surface area contributed by atoms with Gasteiger partial charge in [-0.25, -0.2) is 0 Å². The number of ether oxygens (including phenoxy) is 2. The van der Waals surface area contributed by atoms with Gasteiger partial charge in [0.25, 0.3) is 0 Å². The normalized spacial score (nSPS) is 35.7. The molecule has 14 heteroatoms. The van der Waals surface area contributed by atoms with E-state index in [-0.39, 0.29) is 42.1 Å². The summed E-state index contributed by atoms with van der Waals surface area (Å²) in [5.74, 6) is -1.30. The van der Waals surface area contributed by atoms with Crippen LogP contribution >= 0.6 is 21.6 Å². The molecular formula is C33H40N2O10S2. The summed E-state index contributed by atoms with van der Waals surface area (Å²) in [5, 5.41) is 71.8. The number of aliphatic hydroxyl groups is 6. The van der Waals surface area contributed by atoms with Gasteiger partial charge in [-0.05, 0) is 56.4 Å². The van der Waals surface area contributed by atoms with Crippen LogP contribution in [0.5, 0.6) is 5.75 Å². The number of Topliss-reactive ketones (excluding diaryl/α,β-unsaturated/α-hetero) is 2. The summed E-state index contributed by atoms with van der Waals surface area (Å²) in [7, 11) is 2.77. The van der Waals surface area contributed by atoms with E-state index in [2.05, 4.69) is 10.6 Å². The molecule has 3 heterocycles. The predicted octanol–water partition coefficient (Wildman–Crippen LogP) is 1.85. The highest BCUT2D eigenvalue weighted by molar-refractivity contribution is 8.76. The molecule has 0 saturated carbocycles. The Morgan fingerprint density at radius 2 is 1.91 bits per heavy atom. The van der Waals surface area contributed by atoms with Crippen molar-refractivity contribution in [3.8, 4) is 5.75 Å². The van der Waals surface area contributed by atoms with Crippen molar-refractivity contribution >= 4 is 33.2 Å². The second-order valence-electron chi connectivity index (χ2n) is 12.5. The van der Waals surface area contributed by atoms with Crippen LogP contribution in [0.15, 0.2) is 65.2 Å². The first kappa shape index (κ1) is 34.1. The minimum atomic E-state index is -2.18. The third-order valence-corrected chi connectivity index (χ3v) is 12.4. The highest BCUT2D eigenvalue weighted by Gasteiger charge is 2.62. The fourth-order valence-electron chi connectivity index (χ4n) is 7.21. The number of benzene rings is 1. The first-order valence-electron chi connectivity index (χ1n) is 15.7. The molecular weight excluding hydrogens is 649 g/mol. The van der Waals surface area contributed by atoms with Crippen molar-refractivity contribution < 1.29 is 49.7 Å². The number of carbonyl (C=O) groups excluding carboxylic acids is 2. The van der Waals surface area contributed by atoms with Crippen LogP contribution in [0.1, 0.15) is 53.3 Å². The van der Waals surface area contributed by atoms with Crippen LogP contribution in [0.2, 0.25) is 0 Å². The lowest BCUT2D eigenvalue weighted by Crippen LogP contribution is -2.68. The fraction of sp³-hybridized carbons (Fsp3) is 0.515. The van der Waals surface area contributed by atoms with Crippen molar-refractivity contribution in [1.29, 1.82) is 0 Å². The summed E-state index contributed by atoms with van der Waals surface area (Å²) >= 11 is 0. The number of fused-ring (bicyclic) bond motifs is 3. The van der Waals surface area contributed by atoms with Gasteiger partial charge in [-0.1, -0.05) is 51.4 Å². The molecule has 0 radical (unpaired) electrons. The number of ketones is 2. The molecule has 6 rings (SSSR count). The molecule has 0 unspecified atom stereocenters. The maximum atomic E-state index is 15.0. The molecule has 6 bridgehead atoms. The Hall–Kier alpha value is -2.82. The van der Waals surface area contributed by atoms with Gasteiger partial charge in [-0.2, -0.15) is 0 Å². The molecule has 3 aliphatic heterocycles. The lowest BCUT2D eigenvalue weighted by molar-refractivity contribution is -0.315. The number of carbonyl (C=O) groups is 2. The average Bonchev–Trinajstić information content (AvgIpc) is 3.06. The van der Waals surface area contributed by atoms with Crippen LogP contribution in [0, 0.1) is 11.3 Å².